The van der Waals surface area contributed by atoms with E-state index in [0.29, 0.717) is 24.6 Å². The maximum Gasteiger partial charge on any atom is 0.254 e. The molecule has 0 saturated heterocycles. The molecule has 2 amide bonds. The van der Waals surface area contributed by atoms with Gasteiger partial charge in [-0.25, -0.2) is 4.39 Å². The Kier molecular flexibility index (Phi) is 6.77. The third kappa shape index (κ3) is 5.47. The minimum Gasteiger partial charge on any atom is -0.377 e. The van der Waals surface area contributed by atoms with E-state index in [-0.39, 0.29) is 17.7 Å². The maximum atomic E-state index is 13.7. The first-order valence-corrected chi connectivity index (χ1v) is 11.6. The molecule has 0 aliphatic heterocycles. The van der Waals surface area contributed by atoms with Crippen molar-refractivity contribution in [3.05, 3.63) is 59.4 Å². The first-order chi connectivity index (χ1) is 15.4. The molecule has 32 heavy (non-hydrogen) atoms. The van der Waals surface area contributed by atoms with E-state index in [0.717, 1.165) is 55.5 Å². The molecule has 0 bridgehead atoms. The molecular weight excluding hydrogens is 405 g/mol. The fraction of sp³-hybridized carbons (Fsp3) is 0.462. The Morgan fingerprint density at radius 1 is 1.03 bits per heavy atom. The smallest absolute Gasteiger partial charge is 0.254 e. The fourth-order valence-corrected chi connectivity index (χ4v) is 4.50. The molecule has 170 valence electrons. The van der Waals surface area contributed by atoms with Crippen LogP contribution in [0.3, 0.4) is 0 Å². The van der Waals surface area contributed by atoms with Crippen LogP contribution in [0, 0.1) is 17.7 Å². The highest BCUT2D eigenvalue weighted by Crippen LogP contribution is 2.33. The summed E-state index contributed by atoms with van der Waals surface area (Å²) in [6.45, 7) is 1.06. The molecule has 6 heteroatoms. The lowest BCUT2D eigenvalue weighted by molar-refractivity contribution is -0.119. The van der Waals surface area contributed by atoms with Crippen molar-refractivity contribution in [3.8, 4) is 0 Å². The van der Waals surface area contributed by atoms with Gasteiger partial charge in [-0.2, -0.15) is 0 Å². The van der Waals surface area contributed by atoms with Crippen LogP contribution in [0.2, 0.25) is 0 Å². The quantitative estimate of drug-likeness (QED) is 0.627. The molecule has 0 spiro atoms. The van der Waals surface area contributed by atoms with Crippen molar-refractivity contribution in [2.24, 2.45) is 11.8 Å². The number of halogens is 1. The van der Waals surface area contributed by atoms with Crippen LogP contribution in [0.4, 0.5) is 15.8 Å². The molecule has 2 aromatic rings. The van der Waals surface area contributed by atoms with Crippen molar-refractivity contribution >= 4 is 23.2 Å². The van der Waals surface area contributed by atoms with E-state index in [9.17, 15) is 14.0 Å². The third-order valence-electron chi connectivity index (χ3n) is 6.45. The SMILES string of the molecule is CN(C)c1ccc(NC(=O)C2CCCC2)cc1CN(CC1CC1)C(=O)c1cccc(F)c1. The number of rotatable bonds is 8. The van der Waals surface area contributed by atoms with Crippen LogP contribution in [0.1, 0.15) is 54.4 Å². The van der Waals surface area contributed by atoms with Gasteiger partial charge in [0, 0.05) is 50.0 Å². The van der Waals surface area contributed by atoms with Gasteiger partial charge in [-0.3, -0.25) is 9.59 Å². The van der Waals surface area contributed by atoms with Crippen molar-refractivity contribution in [2.75, 3.05) is 30.9 Å². The first kappa shape index (κ1) is 22.3. The third-order valence-corrected chi connectivity index (χ3v) is 6.45. The van der Waals surface area contributed by atoms with Gasteiger partial charge in [-0.05, 0) is 73.6 Å². The van der Waals surface area contributed by atoms with Crippen molar-refractivity contribution in [1.29, 1.82) is 0 Å². The van der Waals surface area contributed by atoms with Gasteiger partial charge in [0.15, 0.2) is 0 Å². The highest BCUT2D eigenvalue weighted by Gasteiger charge is 2.28. The van der Waals surface area contributed by atoms with Crippen LogP contribution in [-0.4, -0.2) is 37.4 Å². The van der Waals surface area contributed by atoms with Crippen LogP contribution in [-0.2, 0) is 11.3 Å². The van der Waals surface area contributed by atoms with Gasteiger partial charge in [0.25, 0.3) is 5.91 Å². The molecule has 2 fully saturated rings. The molecule has 0 atom stereocenters. The summed E-state index contributed by atoms with van der Waals surface area (Å²) in [5.74, 6) is 0.0968. The van der Waals surface area contributed by atoms with Gasteiger partial charge in [0.2, 0.25) is 5.91 Å². The van der Waals surface area contributed by atoms with E-state index in [2.05, 4.69) is 5.32 Å². The second-order valence-electron chi connectivity index (χ2n) is 9.35. The second-order valence-corrected chi connectivity index (χ2v) is 9.35. The Morgan fingerprint density at radius 3 is 2.44 bits per heavy atom. The molecule has 0 heterocycles. The van der Waals surface area contributed by atoms with Crippen molar-refractivity contribution in [2.45, 2.75) is 45.1 Å². The molecule has 2 aromatic carbocycles. The first-order valence-electron chi connectivity index (χ1n) is 11.6. The lowest BCUT2D eigenvalue weighted by Gasteiger charge is -2.26. The monoisotopic (exact) mass is 437 g/mol. The van der Waals surface area contributed by atoms with Crippen molar-refractivity contribution in [3.63, 3.8) is 0 Å². The van der Waals surface area contributed by atoms with E-state index in [1.807, 2.05) is 42.1 Å². The topological polar surface area (TPSA) is 52.7 Å². The molecule has 2 aliphatic rings. The predicted octanol–water partition coefficient (Wildman–Crippen LogP) is 5.07. The van der Waals surface area contributed by atoms with E-state index in [4.69, 9.17) is 0 Å². The van der Waals surface area contributed by atoms with Gasteiger partial charge in [-0.1, -0.05) is 18.9 Å². The molecular formula is C26H32FN3O2. The summed E-state index contributed by atoms with van der Waals surface area (Å²) in [6.07, 6.45) is 6.36. The molecule has 5 nitrogen and oxygen atoms in total. The average molecular weight is 438 g/mol. The summed E-state index contributed by atoms with van der Waals surface area (Å²) in [5.41, 5.74) is 3.08. The number of amides is 2. The predicted molar refractivity (Wildman–Crippen MR) is 125 cm³/mol. The molecule has 2 saturated carbocycles. The summed E-state index contributed by atoms with van der Waals surface area (Å²) < 4.78 is 13.7. The van der Waals surface area contributed by atoms with Crippen LogP contribution in [0.5, 0.6) is 0 Å². The van der Waals surface area contributed by atoms with Crippen LogP contribution in [0.25, 0.3) is 0 Å². The van der Waals surface area contributed by atoms with Crippen molar-refractivity contribution in [1.82, 2.24) is 4.90 Å². The van der Waals surface area contributed by atoms with Crippen LogP contribution >= 0.6 is 0 Å². The van der Waals surface area contributed by atoms with Gasteiger partial charge in [0.1, 0.15) is 5.82 Å². The Bertz CT molecular complexity index is 981. The Hall–Kier alpha value is -2.89. The number of nitrogens with zero attached hydrogens (tertiary/aromatic N) is 2. The number of nitrogens with one attached hydrogen (secondary N) is 1. The van der Waals surface area contributed by atoms with Crippen LogP contribution in [0.15, 0.2) is 42.5 Å². The lowest BCUT2D eigenvalue weighted by atomic mass is 10.1. The number of anilines is 2. The van der Waals surface area contributed by atoms with E-state index < -0.39 is 5.82 Å². The molecule has 0 radical (unpaired) electrons. The summed E-state index contributed by atoms with van der Waals surface area (Å²) in [4.78, 5) is 29.7. The zero-order valence-electron chi connectivity index (χ0n) is 18.9. The summed E-state index contributed by atoms with van der Waals surface area (Å²) >= 11 is 0. The minimum atomic E-state index is -0.409. The highest BCUT2D eigenvalue weighted by atomic mass is 19.1. The Labute approximate surface area is 189 Å². The Balaban J connectivity index is 1.58. The molecule has 0 unspecified atom stereocenters. The largest absolute Gasteiger partial charge is 0.377 e. The number of benzene rings is 2. The van der Waals surface area contributed by atoms with Crippen molar-refractivity contribution < 1.29 is 14.0 Å². The number of hydrogen-bond acceptors (Lipinski definition) is 3. The van der Waals surface area contributed by atoms with Gasteiger partial charge in [-0.15, -0.1) is 0 Å². The molecule has 4 rings (SSSR count). The summed E-state index contributed by atoms with van der Waals surface area (Å²) in [7, 11) is 3.93. The van der Waals surface area contributed by atoms with E-state index in [1.165, 1.54) is 12.1 Å². The number of carbonyl (C=O) groups is 2. The van der Waals surface area contributed by atoms with Crippen LogP contribution < -0.4 is 10.2 Å². The number of carbonyl (C=O) groups excluding carboxylic acids is 2. The van der Waals surface area contributed by atoms with Gasteiger partial charge >= 0.3 is 0 Å². The average Bonchev–Trinajstić information content (AvgIpc) is 3.41. The normalized spacial score (nSPS) is 16.1. The lowest BCUT2D eigenvalue weighted by Crippen LogP contribution is -2.33. The van der Waals surface area contributed by atoms with Gasteiger partial charge in [0.05, 0.1) is 0 Å². The fourth-order valence-electron chi connectivity index (χ4n) is 4.50. The Morgan fingerprint density at radius 2 is 1.78 bits per heavy atom. The molecule has 1 N–H and O–H groups in total. The highest BCUT2D eigenvalue weighted by molar-refractivity contribution is 5.95. The molecule has 0 aromatic heterocycles. The zero-order chi connectivity index (χ0) is 22.7. The standard InChI is InChI=1S/C26H32FN3O2/c1-29(2)24-13-12-23(28-25(31)19-6-3-4-7-19)15-21(24)17-30(16-18-10-11-18)26(32)20-8-5-9-22(27)14-20/h5,8-9,12-15,18-19H,3-4,6-7,10-11,16-17H2,1-2H3,(H,28,31). The summed E-state index contributed by atoms with van der Waals surface area (Å²) in [6, 6.07) is 11.8. The van der Waals surface area contributed by atoms with E-state index >= 15 is 0 Å². The second kappa shape index (κ2) is 9.72. The number of hydrogen-bond donors (Lipinski definition) is 1. The zero-order valence-corrected chi connectivity index (χ0v) is 18.9. The summed E-state index contributed by atoms with van der Waals surface area (Å²) in [5, 5.41) is 3.07. The van der Waals surface area contributed by atoms with Gasteiger partial charge < -0.3 is 15.1 Å². The maximum absolute atomic E-state index is 13.7. The minimum absolute atomic E-state index is 0.0803. The van der Waals surface area contributed by atoms with E-state index in [1.54, 1.807) is 12.1 Å². The molecule has 2 aliphatic carbocycles.